The molecule has 2 N–H and O–H groups in total. The molecule has 0 saturated carbocycles. The van der Waals surface area contributed by atoms with Crippen molar-refractivity contribution in [1.82, 2.24) is 19.5 Å². The van der Waals surface area contributed by atoms with Crippen molar-refractivity contribution in [3.05, 3.63) is 97.0 Å². The number of anilines is 2. The van der Waals surface area contributed by atoms with Crippen LogP contribution in [0.15, 0.2) is 91.4 Å². The zero-order chi connectivity index (χ0) is 23.5. The first-order valence-corrected chi connectivity index (χ1v) is 11.1. The first-order valence-electron chi connectivity index (χ1n) is 11.1. The zero-order valence-corrected chi connectivity index (χ0v) is 18.9. The molecule has 3 aromatic carbocycles. The van der Waals surface area contributed by atoms with Crippen LogP contribution in [-0.4, -0.2) is 25.4 Å². The lowest BCUT2D eigenvalue weighted by atomic mass is 10.0. The molecular weight excluding hydrogens is 424 g/mol. The highest BCUT2D eigenvalue weighted by atomic mass is 16.1. The minimum atomic E-state index is -0.0942. The Balaban J connectivity index is 1.42. The van der Waals surface area contributed by atoms with Gasteiger partial charge in [-0.1, -0.05) is 48.5 Å². The van der Waals surface area contributed by atoms with Crippen molar-refractivity contribution in [1.29, 1.82) is 0 Å². The quantitative estimate of drug-likeness (QED) is 0.352. The maximum absolute atomic E-state index is 11.4. The summed E-state index contributed by atoms with van der Waals surface area (Å²) in [5.41, 5.74) is 5.76. The van der Waals surface area contributed by atoms with Gasteiger partial charge in [-0.05, 0) is 53.9 Å². The van der Waals surface area contributed by atoms with E-state index < -0.39 is 0 Å². The Bertz CT molecular complexity index is 1460. The van der Waals surface area contributed by atoms with Gasteiger partial charge < -0.3 is 10.6 Å². The van der Waals surface area contributed by atoms with Crippen LogP contribution in [0.2, 0.25) is 0 Å². The molecule has 2 aromatic heterocycles. The number of fused-ring (bicyclic) bond motifs is 1. The van der Waals surface area contributed by atoms with E-state index in [1.54, 1.807) is 12.5 Å². The molecular formula is C27H24N6O. The summed E-state index contributed by atoms with van der Waals surface area (Å²) < 4.78 is 1.95. The van der Waals surface area contributed by atoms with E-state index in [-0.39, 0.29) is 11.9 Å². The molecule has 7 nitrogen and oxygen atoms in total. The monoisotopic (exact) mass is 448 g/mol. The molecule has 0 fully saturated rings. The number of rotatable bonds is 6. The van der Waals surface area contributed by atoms with Crippen LogP contribution in [0, 0.1) is 0 Å². The molecule has 0 aliphatic rings. The lowest BCUT2D eigenvalue weighted by Crippen LogP contribution is -2.10. The predicted octanol–water partition coefficient (Wildman–Crippen LogP) is 5.61. The average Bonchev–Trinajstić information content (AvgIpc) is 3.28. The van der Waals surface area contributed by atoms with Gasteiger partial charge in [0.1, 0.15) is 12.1 Å². The molecule has 168 valence electrons. The Labute approximate surface area is 197 Å². The molecule has 1 unspecified atom stereocenters. The van der Waals surface area contributed by atoms with Crippen molar-refractivity contribution < 1.29 is 4.79 Å². The van der Waals surface area contributed by atoms with E-state index in [1.165, 1.54) is 12.5 Å². The second kappa shape index (κ2) is 9.15. The molecule has 2 heterocycles. The highest BCUT2D eigenvalue weighted by molar-refractivity contribution is 5.90. The third-order valence-electron chi connectivity index (χ3n) is 5.60. The highest BCUT2D eigenvalue weighted by Crippen LogP contribution is 2.27. The van der Waals surface area contributed by atoms with Crippen LogP contribution in [0.4, 0.5) is 11.6 Å². The van der Waals surface area contributed by atoms with Crippen LogP contribution in [0.1, 0.15) is 25.5 Å². The third-order valence-corrected chi connectivity index (χ3v) is 5.60. The summed E-state index contributed by atoms with van der Waals surface area (Å²) in [6, 6.07) is 26.0. The summed E-state index contributed by atoms with van der Waals surface area (Å²) in [6.45, 7) is 3.59. The molecule has 0 aliphatic heterocycles. The molecule has 7 heteroatoms. The molecule has 0 spiro atoms. The normalized spacial score (nSPS) is 11.8. The van der Waals surface area contributed by atoms with E-state index >= 15 is 0 Å². The second-order valence-electron chi connectivity index (χ2n) is 8.10. The SMILES string of the molecule is CC(=O)Nc1cccc(-c2ccc3c(c2)ncn3-c2ccnc(NC(C)c3ccccc3)n2)c1. The number of carbonyl (C=O) groups excluding carboxylic acids is 1. The lowest BCUT2D eigenvalue weighted by molar-refractivity contribution is -0.114. The van der Waals surface area contributed by atoms with Crippen LogP contribution in [0.3, 0.4) is 0 Å². The van der Waals surface area contributed by atoms with E-state index in [0.717, 1.165) is 33.7 Å². The summed E-state index contributed by atoms with van der Waals surface area (Å²) in [4.78, 5) is 25.1. The topological polar surface area (TPSA) is 84.7 Å². The first kappa shape index (κ1) is 21.3. The van der Waals surface area contributed by atoms with Crippen LogP contribution < -0.4 is 10.6 Å². The van der Waals surface area contributed by atoms with E-state index in [9.17, 15) is 4.79 Å². The van der Waals surface area contributed by atoms with Crippen LogP contribution in [0.25, 0.3) is 28.0 Å². The summed E-state index contributed by atoms with van der Waals surface area (Å²) in [6.07, 6.45) is 3.52. The third kappa shape index (κ3) is 4.49. The number of hydrogen-bond acceptors (Lipinski definition) is 5. The standard InChI is InChI=1S/C27H24N6O/c1-18(20-7-4-3-5-8-20)30-27-28-14-13-26(32-27)33-17-29-24-16-22(11-12-25(24)33)21-9-6-10-23(15-21)31-19(2)34/h3-18H,1-2H3,(H,31,34)(H,28,30,32). The number of aromatic nitrogens is 4. The summed E-state index contributed by atoms with van der Waals surface area (Å²) in [5, 5.41) is 6.20. The smallest absolute Gasteiger partial charge is 0.225 e. The maximum Gasteiger partial charge on any atom is 0.225 e. The minimum Gasteiger partial charge on any atom is -0.348 e. The Hall–Kier alpha value is -4.52. The van der Waals surface area contributed by atoms with Gasteiger partial charge in [0.25, 0.3) is 0 Å². The van der Waals surface area contributed by atoms with Crippen molar-refractivity contribution in [3.63, 3.8) is 0 Å². The van der Waals surface area contributed by atoms with E-state index in [4.69, 9.17) is 4.98 Å². The van der Waals surface area contributed by atoms with Gasteiger partial charge in [0.15, 0.2) is 0 Å². The van der Waals surface area contributed by atoms with Crippen LogP contribution >= 0.6 is 0 Å². The predicted molar refractivity (Wildman–Crippen MR) is 135 cm³/mol. The van der Waals surface area contributed by atoms with Crippen molar-refractivity contribution in [2.24, 2.45) is 0 Å². The van der Waals surface area contributed by atoms with Crippen molar-refractivity contribution in [2.45, 2.75) is 19.9 Å². The lowest BCUT2D eigenvalue weighted by Gasteiger charge is -2.14. The summed E-state index contributed by atoms with van der Waals surface area (Å²) in [7, 11) is 0. The average molecular weight is 449 g/mol. The number of amides is 1. The first-order chi connectivity index (χ1) is 16.6. The van der Waals surface area contributed by atoms with E-state index in [0.29, 0.717) is 5.95 Å². The van der Waals surface area contributed by atoms with Crippen LogP contribution in [0.5, 0.6) is 0 Å². The number of imidazole rings is 1. The summed E-state index contributed by atoms with van der Waals surface area (Å²) >= 11 is 0. The molecule has 0 radical (unpaired) electrons. The van der Waals surface area contributed by atoms with Gasteiger partial charge in [0.2, 0.25) is 11.9 Å². The van der Waals surface area contributed by atoms with Gasteiger partial charge in [-0.2, -0.15) is 4.98 Å². The molecule has 1 atom stereocenters. The fourth-order valence-electron chi connectivity index (χ4n) is 3.93. The molecule has 1 amide bonds. The van der Waals surface area contributed by atoms with Gasteiger partial charge in [-0.3, -0.25) is 9.36 Å². The number of hydrogen-bond donors (Lipinski definition) is 2. The van der Waals surface area contributed by atoms with Crippen LogP contribution in [-0.2, 0) is 4.79 Å². The van der Waals surface area contributed by atoms with Gasteiger partial charge in [0.05, 0.1) is 17.1 Å². The molecule has 34 heavy (non-hydrogen) atoms. The zero-order valence-electron chi connectivity index (χ0n) is 18.9. The van der Waals surface area contributed by atoms with E-state index in [1.807, 2.05) is 71.3 Å². The molecule has 0 bridgehead atoms. The Morgan fingerprint density at radius 3 is 2.56 bits per heavy atom. The van der Waals surface area contributed by atoms with Gasteiger partial charge >= 0.3 is 0 Å². The molecule has 5 aromatic rings. The van der Waals surface area contributed by atoms with E-state index in [2.05, 4.69) is 39.7 Å². The number of nitrogens with one attached hydrogen (secondary N) is 2. The molecule has 5 rings (SSSR count). The van der Waals surface area contributed by atoms with Crippen molar-refractivity contribution in [2.75, 3.05) is 10.6 Å². The Morgan fingerprint density at radius 2 is 1.74 bits per heavy atom. The Kier molecular flexibility index (Phi) is 5.74. The number of nitrogens with zero attached hydrogens (tertiary/aromatic N) is 4. The summed E-state index contributed by atoms with van der Waals surface area (Å²) in [5.74, 6) is 1.20. The number of benzene rings is 3. The highest BCUT2D eigenvalue weighted by Gasteiger charge is 2.11. The van der Waals surface area contributed by atoms with Gasteiger partial charge in [-0.15, -0.1) is 0 Å². The van der Waals surface area contributed by atoms with Gasteiger partial charge in [0, 0.05) is 18.8 Å². The van der Waals surface area contributed by atoms with Gasteiger partial charge in [-0.25, -0.2) is 9.97 Å². The second-order valence-corrected chi connectivity index (χ2v) is 8.10. The largest absolute Gasteiger partial charge is 0.348 e. The maximum atomic E-state index is 11.4. The molecule has 0 aliphatic carbocycles. The van der Waals surface area contributed by atoms with Crippen molar-refractivity contribution >= 4 is 28.6 Å². The molecule has 0 saturated heterocycles. The Morgan fingerprint density at radius 1 is 0.912 bits per heavy atom. The minimum absolute atomic E-state index is 0.0757. The fourth-order valence-corrected chi connectivity index (χ4v) is 3.93. The number of carbonyl (C=O) groups is 1. The van der Waals surface area contributed by atoms with Crippen molar-refractivity contribution in [3.8, 4) is 16.9 Å². The fraction of sp³-hybridized carbons (Fsp3) is 0.111.